The number of nitrogens with one attached hydrogen (secondary N) is 1. The maximum absolute atomic E-state index is 12.4. The molecule has 1 atom stereocenters. The summed E-state index contributed by atoms with van der Waals surface area (Å²) in [6.07, 6.45) is 3.37. The average Bonchev–Trinajstić information content (AvgIpc) is 3.47. The molecule has 1 saturated carbocycles. The number of thiophene rings is 1. The molecule has 6 nitrogen and oxygen atoms in total. The van der Waals surface area contributed by atoms with Crippen molar-refractivity contribution >= 4 is 27.5 Å². The van der Waals surface area contributed by atoms with Crippen LogP contribution in [-0.2, 0) is 4.79 Å². The van der Waals surface area contributed by atoms with Gasteiger partial charge in [0, 0.05) is 10.9 Å². The van der Waals surface area contributed by atoms with Crippen molar-refractivity contribution in [2.24, 2.45) is 5.92 Å². The Labute approximate surface area is 167 Å². The van der Waals surface area contributed by atoms with Crippen molar-refractivity contribution < 1.29 is 9.53 Å². The van der Waals surface area contributed by atoms with Gasteiger partial charge in [0.25, 0.3) is 5.91 Å². The van der Waals surface area contributed by atoms with Crippen molar-refractivity contribution in [1.82, 2.24) is 15.3 Å². The van der Waals surface area contributed by atoms with Crippen molar-refractivity contribution in [3.63, 3.8) is 0 Å². The molecule has 0 radical (unpaired) electrons. The molecule has 1 unspecified atom stereocenters. The molecule has 4 rings (SSSR count). The highest BCUT2D eigenvalue weighted by Gasteiger charge is 2.43. The van der Waals surface area contributed by atoms with Crippen LogP contribution in [-0.4, -0.2) is 28.0 Å². The van der Waals surface area contributed by atoms with E-state index in [2.05, 4.69) is 33.5 Å². The van der Waals surface area contributed by atoms with E-state index in [0.717, 1.165) is 34.2 Å². The van der Waals surface area contributed by atoms with Gasteiger partial charge in [-0.3, -0.25) is 4.79 Å². The Hall–Kier alpha value is -2.98. The van der Waals surface area contributed by atoms with Crippen LogP contribution in [0.5, 0.6) is 5.88 Å². The van der Waals surface area contributed by atoms with E-state index in [1.165, 1.54) is 23.2 Å². The number of rotatable bonds is 6. The zero-order valence-corrected chi connectivity index (χ0v) is 16.5. The third-order valence-corrected chi connectivity index (χ3v) is 5.95. The van der Waals surface area contributed by atoms with Gasteiger partial charge in [-0.1, -0.05) is 29.8 Å². The first kappa shape index (κ1) is 18.4. The summed E-state index contributed by atoms with van der Waals surface area (Å²) in [6, 6.07) is 10.4. The molecule has 1 aliphatic carbocycles. The first-order chi connectivity index (χ1) is 13.5. The van der Waals surface area contributed by atoms with Gasteiger partial charge < -0.3 is 10.1 Å². The standard InChI is InChI=1S/C21H20N4O2S/c1-13-3-5-14(6-4-13)16-10-28-20-18(16)19(23-12-24-20)27-9-17(26)25-21(2,11-22)15-7-8-15/h3-6,10,12,15H,7-9H2,1-2H3,(H,25,26). The average molecular weight is 392 g/mol. The maximum atomic E-state index is 12.4. The molecule has 0 aliphatic heterocycles. The van der Waals surface area contributed by atoms with Crippen molar-refractivity contribution in [3.05, 3.63) is 41.5 Å². The second-order valence-corrected chi connectivity index (χ2v) is 8.16. The molecule has 1 fully saturated rings. The smallest absolute Gasteiger partial charge is 0.259 e. The Morgan fingerprint density at radius 3 is 2.79 bits per heavy atom. The van der Waals surface area contributed by atoms with Crippen LogP contribution in [0, 0.1) is 24.2 Å². The molecule has 1 amide bonds. The van der Waals surface area contributed by atoms with E-state index in [1.807, 2.05) is 24.4 Å². The van der Waals surface area contributed by atoms with Gasteiger partial charge in [0.05, 0.1) is 11.5 Å². The molecule has 0 spiro atoms. The number of nitriles is 1. The lowest BCUT2D eigenvalue weighted by molar-refractivity contribution is -0.124. The summed E-state index contributed by atoms with van der Waals surface area (Å²) < 4.78 is 5.75. The summed E-state index contributed by atoms with van der Waals surface area (Å²) in [5, 5.41) is 15.0. The summed E-state index contributed by atoms with van der Waals surface area (Å²) >= 11 is 1.51. The fraction of sp³-hybridized carbons (Fsp3) is 0.333. The van der Waals surface area contributed by atoms with Gasteiger partial charge >= 0.3 is 0 Å². The molecule has 3 aromatic rings. The topological polar surface area (TPSA) is 87.9 Å². The van der Waals surface area contributed by atoms with Crippen LogP contribution in [0.15, 0.2) is 36.0 Å². The minimum absolute atomic E-state index is 0.195. The van der Waals surface area contributed by atoms with E-state index in [9.17, 15) is 10.1 Å². The van der Waals surface area contributed by atoms with Crippen LogP contribution in [0.2, 0.25) is 0 Å². The molecule has 2 heterocycles. The lowest BCUT2D eigenvalue weighted by Gasteiger charge is -2.22. The largest absolute Gasteiger partial charge is 0.467 e. The number of fused-ring (bicyclic) bond motifs is 1. The number of amides is 1. The van der Waals surface area contributed by atoms with Crippen LogP contribution in [0.25, 0.3) is 21.3 Å². The monoisotopic (exact) mass is 392 g/mol. The van der Waals surface area contributed by atoms with E-state index >= 15 is 0 Å². The number of carbonyl (C=O) groups excluding carboxylic acids is 1. The van der Waals surface area contributed by atoms with E-state index < -0.39 is 5.54 Å². The molecular weight excluding hydrogens is 372 g/mol. The minimum Gasteiger partial charge on any atom is -0.467 e. The highest BCUT2D eigenvalue weighted by atomic mass is 32.1. The maximum Gasteiger partial charge on any atom is 0.259 e. The number of aryl methyl sites for hydroxylation is 1. The highest BCUT2D eigenvalue weighted by Crippen LogP contribution is 2.39. The number of hydrogen-bond acceptors (Lipinski definition) is 6. The minimum atomic E-state index is -0.836. The second kappa shape index (κ2) is 7.21. The van der Waals surface area contributed by atoms with E-state index in [0.29, 0.717) is 5.88 Å². The van der Waals surface area contributed by atoms with Crippen molar-refractivity contribution in [1.29, 1.82) is 5.26 Å². The summed E-state index contributed by atoms with van der Waals surface area (Å²) in [5.41, 5.74) is 2.38. The van der Waals surface area contributed by atoms with Crippen LogP contribution in [0.3, 0.4) is 0 Å². The zero-order chi connectivity index (χ0) is 19.7. The van der Waals surface area contributed by atoms with Gasteiger partial charge in [0.2, 0.25) is 5.88 Å². The predicted octanol–water partition coefficient (Wildman–Crippen LogP) is 3.85. The molecule has 2 aromatic heterocycles. The Morgan fingerprint density at radius 1 is 1.36 bits per heavy atom. The fourth-order valence-corrected chi connectivity index (χ4v) is 4.15. The number of nitrogens with zero attached hydrogens (tertiary/aromatic N) is 3. The molecular formula is C21H20N4O2S. The fourth-order valence-electron chi connectivity index (χ4n) is 3.24. The SMILES string of the molecule is Cc1ccc(-c2csc3ncnc(OCC(=O)NC(C)(C#N)C4CC4)c23)cc1. The Balaban J connectivity index is 1.56. The van der Waals surface area contributed by atoms with Gasteiger partial charge in [-0.15, -0.1) is 11.3 Å². The summed E-state index contributed by atoms with van der Waals surface area (Å²) in [7, 11) is 0. The van der Waals surface area contributed by atoms with Crippen LogP contribution in [0.4, 0.5) is 0 Å². The lowest BCUT2D eigenvalue weighted by atomic mass is 9.98. The molecule has 0 bridgehead atoms. The first-order valence-corrected chi connectivity index (χ1v) is 10.0. The van der Waals surface area contributed by atoms with Crippen LogP contribution >= 0.6 is 11.3 Å². The van der Waals surface area contributed by atoms with Gasteiger partial charge in [0.1, 0.15) is 16.7 Å². The number of benzene rings is 1. The zero-order valence-electron chi connectivity index (χ0n) is 15.7. The third kappa shape index (κ3) is 3.56. The molecule has 7 heteroatoms. The molecule has 28 heavy (non-hydrogen) atoms. The Kier molecular flexibility index (Phi) is 4.73. The molecule has 1 aliphatic rings. The number of carbonyl (C=O) groups is 1. The highest BCUT2D eigenvalue weighted by molar-refractivity contribution is 7.17. The normalized spacial score (nSPS) is 15.6. The van der Waals surface area contributed by atoms with Gasteiger partial charge in [-0.05, 0) is 38.2 Å². The van der Waals surface area contributed by atoms with Gasteiger partial charge in [-0.2, -0.15) is 5.26 Å². The van der Waals surface area contributed by atoms with E-state index in [1.54, 1.807) is 6.92 Å². The van der Waals surface area contributed by atoms with E-state index in [4.69, 9.17) is 4.74 Å². The molecule has 1 N–H and O–H groups in total. The van der Waals surface area contributed by atoms with Crippen LogP contribution in [0.1, 0.15) is 25.3 Å². The Bertz CT molecular complexity index is 1070. The molecule has 142 valence electrons. The Morgan fingerprint density at radius 2 is 2.11 bits per heavy atom. The molecule has 0 saturated heterocycles. The van der Waals surface area contributed by atoms with Crippen molar-refractivity contribution in [2.45, 2.75) is 32.2 Å². The number of ether oxygens (including phenoxy) is 1. The second-order valence-electron chi connectivity index (χ2n) is 7.30. The quantitative estimate of drug-likeness (QED) is 0.688. The summed E-state index contributed by atoms with van der Waals surface area (Å²) in [4.78, 5) is 21.7. The molecule has 1 aromatic carbocycles. The van der Waals surface area contributed by atoms with E-state index in [-0.39, 0.29) is 18.4 Å². The number of hydrogen-bond donors (Lipinski definition) is 1. The van der Waals surface area contributed by atoms with Crippen LogP contribution < -0.4 is 10.1 Å². The summed E-state index contributed by atoms with van der Waals surface area (Å²) in [6.45, 7) is 3.61. The first-order valence-electron chi connectivity index (χ1n) is 9.14. The van der Waals surface area contributed by atoms with Gasteiger partial charge in [-0.25, -0.2) is 9.97 Å². The lowest BCUT2D eigenvalue weighted by Crippen LogP contribution is -2.48. The third-order valence-electron chi connectivity index (χ3n) is 5.06. The van der Waals surface area contributed by atoms with Crippen molar-refractivity contribution in [2.75, 3.05) is 6.61 Å². The van der Waals surface area contributed by atoms with Crippen molar-refractivity contribution in [3.8, 4) is 23.1 Å². The number of aromatic nitrogens is 2. The van der Waals surface area contributed by atoms with Gasteiger partial charge in [0.15, 0.2) is 6.61 Å². The predicted molar refractivity (Wildman–Crippen MR) is 108 cm³/mol. The summed E-state index contributed by atoms with van der Waals surface area (Å²) in [5.74, 6) is 0.272.